The Hall–Kier alpha value is -3.44. The standard InChI is InChI=1S/C24H22N2O3/c1-17(27)16-29-21-10-8-19(9-11-21)24(28)23-7-4-12-26(23)15-18-13-20-5-2-3-6-22(20)25-14-18/h2-14,17,27H,15-16H2,1H3. The molecule has 0 aliphatic heterocycles. The summed E-state index contributed by atoms with van der Waals surface area (Å²) in [4.78, 5) is 17.5. The maximum atomic E-state index is 13.0. The molecular weight excluding hydrogens is 364 g/mol. The number of rotatable bonds is 7. The second-order valence-electron chi connectivity index (χ2n) is 7.07. The van der Waals surface area contributed by atoms with Crippen molar-refractivity contribution in [3.8, 4) is 5.75 Å². The molecular formula is C24H22N2O3. The molecule has 29 heavy (non-hydrogen) atoms. The second-order valence-corrected chi connectivity index (χ2v) is 7.07. The molecule has 2 heterocycles. The first-order valence-electron chi connectivity index (χ1n) is 9.54. The summed E-state index contributed by atoms with van der Waals surface area (Å²) < 4.78 is 7.39. The van der Waals surface area contributed by atoms with E-state index in [1.165, 1.54) is 0 Å². The van der Waals surface area contributed by atoms with Crippen molar-refractivity contribution in [3.63, 3.8) is 0 Å². The largest absolute Gasteiger partial charge is 0.491 e. The van der Waals surface area contributed by atoms with Gasteiger partial charge in [-0.3, -0.25) is 9.78 Å². The number of carbonyl (C=O) groups excluding carboxylic acids is 1. The fraction of sp³-hybridized carbons (Fsp3) is 0.167. The van der Waals surface area contributed by atoms with Gasteiger partial charge in [0.25, 0.3) is 0 Å². The molecule has 5 nitrogen and oxygen atoms in total. The summed E-state index contributed by atoms with van der Waals surface area (Å²) in [5, 5.41) is 10.4. The van der Waals surface area contributed by atoms with Gasteiger partial charge in [-0.2, -0.15) is 0 Å². The highest BCUT2D eigenvalue weighted by Crippen LogP contribution is 2.18. The number of ether oxygens (including phenoxy) is 1. The minimum Gasteiger partial charge on any atom is -0.491 e. The molecule has 0 saturated heterocycles. The van der Waals surface area contributed by atoms with Crippen LogP contribution in [0.5, 0.6) is 5.75 Å². The Morgan fingerprint density at radius 1 is 1.10 bits per heavy atom. The average molecular weight is 386 g/mol. The van der Waals surface area contributed by atoms with Gasteiger partial charge in [0.05, 0.1) is 17.3 Å². The number of hydrogen-bond acceptors (Lipinski definition) is 4. The lowest BCUT2D eigenvalue weighted by molar-refractivity contribution is 0.103. The molecule has 1 N–H and O–H groups in total. The average Bonchev–Trinajstić information content (AvgIpc) is 3.20. The van der Waals surface area contributed by atoms with Gasteiger partial charge in [0, 0.05) is 29.9 Å². The van der Waals surface area contributed by atoms with Crippen LogP contribution >= 0.6 is 0 Å². The van der Waals surface area contributed by atoms with Gasteiger partial charge in [-0.1, -0.05) is 18.2 Å². The minimum absolute atomic E-state index is 0.0502. The lowest BCUT2D eigenvalue weighted by Crippen LogP contribution is -2.13. The lowest BCUT2D eigenvalue weighted by atomic mass is 10.1. The molecule has 5 heteroatoms. The third-order valence-electron chi connectivity index (χ3n) is 4.67. The van der Waals surface area contributed by atoms with E-state index in [9.17, 15) is 9.90 Å². The van der Waals surface area contributed by atoms with E-state index in [1.807, 2.05) is 53.4 Å². The zero-order valence-electron chi connectivity index (χ0n) is 16.2. The fourth-order valence-electron chi connectivity index (χ4n) is 3.23. The number of para-hydroxylation sites is 1. The Balaban J connectivity index is 1.52. The summed E-state index contributed by atoms with van der Waals surface area (Å²) in [6, 6.07) is 20.8. The maximum absolute atomic E-state index is 13.0. The summed E-state index contributed by atoms with van der Waals surface area (Å²) >= 11 is 0. The molecule has 2 aromatic carbocycles. The summed E-state index contributed by atoms with van der Waals surface area (Å²) in [6.45, 7) is 2.45. The van der Waals surface area contributed by atoms with Gasteiger partial charge in [-0.05, 0) is 61.0 Å². The molecule has 0 aliphatic carbocycles. The molecule has 1 atom stereocenters. The number of carbonyl (C=O) groups is 1. The van der Waals surface area contributed by atoms with Crippen molar-refractivity contribution in [2.24, 2.45) is 0 Å². The Kier molecular flexibility index (Phi) is 5.40. The first kappa shape index (κ1) is 18.9. The number of fused-ring (bicyclic) bond motifs is 1. The first-order chi connectivity index (χ1) is 14.1. The van der Waals surface area contributed by atoms with Crippen LogP contribution in [0.25, 0.3) is 10.9 Å². The summed E-state index contributed by atoms with van der Waals surface area (Å²) in [7, 11) is 0. The molecule has 0 radical (unpaired) electrons. The zero-order chi connectivity index (χ0) is 20.2. The molecule has 0 spiro atoms. The van der Waals surface area contributed by atoms with Gasteiger partial charge in [0.2, 0.25) is 5.78 Å². The van der Waals surface area contributed by atoms with Crippen LogP contribution < -0.4 is 4.74 Å². The summed E-state index contributed by atoms with van der Waals surface area (Å²) in [6.07, 6.45) is 3.22. The normalized spacial score (nSPS) is 12.1. The highest BCUT2D eigenvalue weighted by molar-refractivity contribution is 6.08. The maximum Gasteiger partial charge on any atom is 0.209 e. The smallest absolute Gasteiger partial charge is 0.209 e. The Morgan fingerprint density at radius 2 is 1.90 bits per heavy atom. The van der Waals surface area contributed by atoms with Crippen molar-refractivity contribution >= 4 is 16.7 Å². The van der Waals surface area contributed by atoms with Crippen LogP contribution in [0, 0.1) is 0 Å². The summed E-state index contributed by atoms with van der Waals surface area (Å²) in [5.74, 6) is 0.575. The number of pyridine rings is 1. The van der Waals surface area contributed by atoms with Gasteiger partial charge in [0.1, 0.15) is 12.4 Å². The lowest BCUT2D eigenvalue weighted by Gasteiger charge is -2.11. The number of aliphatic hydroxyl groups excluding tert-OH is 1. The van der Waals surface area contributed by atoms with E-state index in [-0.39, 0.29) is 12.4 Å². The van der Waals surface area contributed by atoms with Crippen molar-refractivity contribution in [1.82, 2.24) is 9.55 Å². The number of aromatic nitrogens is 2. The molecule has 4 aromatic rings. The van der Waals surface area contributed by atoms with E-state index >= 15 is 0 Å². The van der Waals surface area contributed by atoms with Crippen LogP contribution in [0.2, 0.25) is 0 Å². The highest BCUT2D eigenvalue weighted by atomic mass is 16.5. The van der Waals surface area contributed by atoms with E-state index in [1.54, 1.807) is 31.2 Å². The first-order valence-corrected chi connectivity index (χ1v) is 9.54. The zero-order valence-corrected chi connectivity index (χ0v) is 16.2. The Bertz CT molecular complexity index is 1130. The van der Waals surface area contributed by atoms with Gasteiger partial charge in [-0.25, -0.2) is 0 Å². The van der Waals surface area contributed by atoms with Crippen LogP contribution in [-0.4, -0.2) is 33.2 Å². The van der Waals surface area contributed by atoms with Crippen LogP contribution in [0.1, 0.15) is 28.5 Å². The minimum atomic E-state index is -0.538. The van der Waals surface area contributed by atoms with Crippen LogP contribution in [0.15, 0.2) is 79.1 Å². The third-order valence-corrected chi connectivity index (χ3v) is 4.67. The van der Waals surface area contributed by atoms with Gasteiger partial charge in [0.15, 0.2) is 0 Å². The van der Waals surface area contributed by atoms with E-state index in [0.29, 0.717) is 23.6 Å². The number of nitrogens with zero attached hydrogens (tertiary/aromatic N) is 2. The Morgan fingerprint density at radius 3 is 2.69 bits per heavy atom. The molecule has 0 fully saturated rings. The van der Waals surface area contributed by atoms with E-state index in [4.69, 9.17) is 4.74 Å². The topological polar surface area (TPSA) is 64.3 Å². The molecule has 0 amide bonds. The molecule has 1 unspecified atom stereocenters. The number of benzene rings is 2. The van der Waals surface area contributed by atoms with Gasteiger partial charge in [-0.15, -0.1) is 0 Å². The van der Waals surface area contributed by atoms with E-state index < -0.39 is 6.10 Å². The molecule has 0 aliphatic rings. The van der Waals surface area contributed by atoms with Crippen LogP contribution in [0.3, 0.4) is 0 Å². The molecule has 2 aromatic heterocycles. The van der Waals surface area contributed by atoms with Gasteiger partial charge >= 0.3 is 0 Å². The highest BCUT2D eigenvalue weighted by Gasteiger charge is 2.14. The predicted molar refractivity (Wildman–Crippen MR) is 112 cm³/mol. The van der Waals surface area contributed by atoms with E-state index in [0.717, 1.165) is 16.5 Å². The molecule has 146 valence electrons. The third kappa shape index (κ3) is 4.36. The fourth-order valence-corrected chi connectivity index (χ4v) is 3.23. The predicted octanol–water partition coefficient (Wildman–Crippen LogP) is 4.08. The van der Waals surface area contributed by atoms with Crippen molar-refractivity contribution in [1.29, 1.82) is 0 Å². The second kappa shape index (κ2) is 8.29. The number of ketones is 1. The molecule has 4 rings (SSSR count). The van der Waals surface area contributed by atoms with E-state index in [2.05, 4.69) is 11.1 Å². The quantitative estimate of drug-likeness (QED) is 0.486. The SMILES string of the molecule is CC(O)COc1ccc(C(=O)c2cccn2Cc2cnc3ccccc3c2)cc1. The number of aliphatic hydroxyl groups is 1. The monoisotopic (exact) mass is 386 g/mol. The van der Waals surface area contributed by atoms with Crippen molar-refractivity contribution in [2.45, 2.75) is 19.6 Å². The van der Waals surface area contributed by atoms with Gasteiger partial charge < -0.3 is 14.4 Å². The van der Waals surface area contributed by atoms with Crippen LogP contribution in [-0.2, 0) is 6.54 Å². The molecule has 0 bridgehead atoms. The molecule has 0 saturated carbocycles. The Labute approximate surface area is 169 Å². The van der Waals surface area contributed by atoms with Crippen molar-refractivity contribution in [3.05, 3.63) is 95.9 Å². The van der Waals surface area contributed by atoms with Crippen molar-refractivity contribution < 1.29 is 14.6 Å². The van der Waals surface area contributed by atoms with Crippen molar-refractivity contribution in [2.75, 3.05) is 6.61 Å². The summed E-state index contributed by atoms with van der Waals surface area (Å²) in [5.41, 5.74) is 3.20. The number of hydrogen-bond donors (Lipinski definition) is 1. The van der Waals surface area contributed by atoms with Crippen LogP contribution in [0.4, 0.5) is 0 Å².